The maximum absolute atomic E-state index is 9.78. The molecule has 21 heavy (non-hydrogen) atoms. The van der Waals surface area contributed by atoms with Crippen molar-refractivity contribution < 1.29 is 5.11 Å². The smallest absolute Gasteiger partial charge is 0.0557 e. The molecule has 1 fully saturated rings. The average Bonchev–Trinajstić information content (AvgIpc) is 2.85. The number of aliphatic hydroxyl groups is 1. The van der Waals surface area contributed by atoms with Crippen LogP contribution in [0.2, 0.25) is 5.02 Å². The van der Waals surface area contributed by atoms with E-state index in [1.807, 2.05) is 19.1 Å². The summed E-state index contributed by atoms with van der Waals surface area (Å²) in [6.45, 7) is 11.1. The van der Waals surface area contributed by atoms with Crippen molar-refractivity contribution in [1.82, 2.24) is 5.32 Å². The molecule has 0 amide bonds. The maximum atomic E-state index is 9.78. The lowest BCUT2D eigenvalue weighted by Crippen LogP contribution is -2.35. The van der Waals surface area contributed by atoms with Crippen LogP contribution in [-0.2, 0) is 6.54 Å². The van der Waals surface area contributed by atoms with Crippen molar-refractivity contribution >= 4 is 17.3 Å². The minimum Gasteiger partial charge on any atom is -0.393 e. The number of hydrogen-bond donors (Lipinski definition) is 2. The first-order chi connectivity index (χ1) is 9.76. The molecule has 2 N–H and O–H groups in total. The van der Waals surface area contributed by atoms with Gasteiger partial charge in [-0.05, 0) is 57.9 Å². The Hall–Kier alpha value is -0.770. The zero-order valence-electron chi connectivity index (χ0n) is 13.5. The quantitative estimate of drug-likeness (QED) is 0.894. The first-order valence-electron chi connectivity index (χ1n) is 7.73. The molecule has 1 saturated heterocycles. The highest BCUT2D eigenvalue weighted by molar-refractivity contribution is 6.30. The predicted octanol–water partition coefficient (Wildman–Crippen LogP) is 3.44. The molecule has 0 bridgehead atoms. The summed E-state index contributed by atoms with van der Waals surface area (Å²) in [4.78, 5) is 2.37. The molecule has 1 aromatic rings. The second-order valence-corrected chi connectivity index (χ2v) is 7.55. The van der Waals surface area contributed by atoms with Crippen LogP contribution in [0.25, 0.3) is 0 Å². The van der Waals surface area contributed by atoms with Crippen molar-refractivity contribution in [3.05, 3.63) is 28.8 Å². The highest BCUT2D eigenvalue weighted by atomic mass is 35.5. The molecule has 1 aliphatic heterocycles. The van der Waals surface area contributed by atoms with Gasteiger partial charge in [0, 0.05) is 41.8 Å². The molecule has 3 nitrogen and oxygen atoms in total. The van der Waals surface area contributed by atoms with Crippen LogP contribution in [0.4, 0.5) is 5.69 Å². The molecule has 0 saturated carbocycles. The van der Waals surface area contributed by atoms with Crippen LogP contribution < -0.4 is 10.2 Å². The highest BCUT2D eigenvalue weighted by Crippen LogP contribution is 2.30. The normalized spacial score (nSPS) is 20.9. The fraction of sp³-hybridized carbons (Fsp3) is 0.647. The molecule has 118 valence electrons. The summed E-state index contributed by atoms with van der Waals surface area (Å²) < 4.78 is 0. The molecule has 2 unspecified atom stereocenters. The van der Waals surface area contributed by atoms with E-state index in [2.05, 4.69) is 37.1 Å². The van der Waals surface area contributed by atoms with Crippen molar-refractivity contribution in [3.8, 4) is 0 Å². The second-order valence-electron chi connectivity index (χ2n) is 7.11. The van der Waals surface area contributed by atoms with E-state index in [0.717, 1.165) is 31.1 Å². The molecule has 1 aromatic carbocycles. The molecule has 1 aliphatic rings. The lowest BCUT2D eigenvalue weighted by atomic mass is 10.0. The van der Waals surface area contributed by atoms with Crippen molar-refractivity contribution in [2.75, 3.05) is 18.0 Å². The third-order valence-corrected chi connectivity index (χ3v) is 4.33. The fourth-order valence-corrected chi connectivity index (χ4v) is 2.96. The van der Waals surface area contributed by atoms with Crippen LogP contribution in [0.5, 0.6) is 0 Å². The zero-order valence-corrected chi connectivity index (χ0v) is 14.2. The second kappa shape index (κ2) is 6.55. The number of aliphatic hydroxyl groups excluding tert-OH is 1. The molecule has 2 rings (SSSR count). The van der Waals surface area contributed by atoms with E-state index in [9.17, 15) is 5.11 Å². The van der Waals surface area contributed by atoms with Crippen LogP contribution in [0.15, 0.2) is 18.2 Å². The van der Waals surface area contributed by atoms with Crippen molar-refractivity contribution in [2.45, 2.75) is 52.3 Å². The van der Waals surface area contributed by atoms with Gasteiger partial charge in [0.25, 0.3) is 0 Å². The molecule has 0 radical (unpaired) electrons. The average molecular weight is 311 g/mol. The summed E-state index contributed by atoms with van der Waals surface area (Å²) in [7, 11) is 0. The van der Waals surface area contributed by atoms with Gasteiger partial charge in [0.1, 0.15) is 0 Å². The topological polar surface area (TPSA) is 35.5 Å². The van der Waals surface area contributed by atoms with E-state index in [1.54, 1.807) is 0 Å². The van der Waals surface area contributed by atoms with Crippen LogP contribution in [0.1, 0.15) is 39.7 Å². The fourth-order valence-electron chi connectivity index (χ4n) is 2.76. The van der Waals surface area contributed by atoms with Crippen LogP contribution in [0, 0.1) is 5.92 Å². The molecule has 0 spiro atoms. The summed E-state index contributed by atoms with van der Waals surface area (Å²) in [5, 5.41) is 14.1. The maximum Gasteiger partial charge on any atom is 0.0557 e. The third kappa shape index (κ3) is 4.60. The molecule has 0 aromatic heterocycles. The molecule has 4 heteroatoms. The highest BCUT2D eigenvalue weighted by Gasteiger charge is 2.27. The van der Waals surface area contributed by atoms with Crippen LogP contribution >= 0.6 is 11.6 Å². The van der Waals surface area contributed by atoms with Crippen molar-refractivity contribution in [3.63, 3.8) is 0 Å². The minimum absolute atomic E-state index is 0.0761. The summed E-state index contributed by atoms with van der Waals surface area (Å²) in [6, 6.07) is 6.10. The van der Waals surface area contributed by atoms with Gasteiger partial charge in [0.2, 0.25) is 0 Å². The Morgan fingerprint density at radius 1 is 1.43 bits per heavy atom. The predicted molar refractivity (Wildman–Crippen MR) is 90.0 cm³/mol. The molecular weight excluding hydrogens is 284 g/mol. The summed E-state index contributed by atoms with van der Waals surface area (Å²) >= 11 is 6.17. The van der Waals surface area contributed by atoms with Gasteiger partial charge in [-0.15, -0.1) is 0 Å². The SMILES string of the molecule is CC(O)C1CCN(c2ccc(Cl)cc2CNC(C)(C)C)C1. The summed E-state index contributed by atoms with van der Waals surface area (Å²) in [5.74, 6) is 0.365. The van der Waals surface area contributed by atoms with Crippen molar-refractivity contribution in [1.29, 1.82) is 0 Å². The van der Waals surface area contributed by atoms with Gasteiger partial charge >= 0.3 is 0 Å². The number of halogens is 1. The number of hydrogen-bond acceptors (Lipinski definition) is 3. The lowest BCUT2D eigenvalue weighted by Gasteiger charge is -2.26. The molecular formula is C17H27ClN2O. The van der Waals surface area contributed by atoms with Gasteiger partial charge in [-0.2, -0.15) is 0 Å². The van der Waals surface area contributed by atoms with Gasteiger partial charge in [-0.3, -0.25) is 0 Å². The van der Waals surface area contributed by atoms with E-state index < -0.39 is 0 Å². The van der Waals surface area contributed by atoms with Crippen molar-refractivity contribution in [2.24, 2.45) is 5.92 Å². The van der Waals surface area contributed by atoms with Gasteiger partial charge in [-0.1, -0.05) is 11.6 Å². The first kappa shape index (κ1) is 16.6. The van der Waals surface area contributed by atoms with E-state index in [4.69, 9.17) is 11.6 Å². The largest absolute Gasteiger partial charge is 0.393 e. The monoisotopic (exact) mass is 310 g/mol. The first-order valence-corrected chi connectivity index (χ1v) is 8.10. The van der Waals surface area contributed by atoms with E-state index in [0.29, 0.717) is 5.92 Å². The number of nitrogens with one attached hydrogen (secondary N) is 1. The molecule has 0 aliphatic carbocycles. The Labute approximate surface area is 133 Å². The van der Waals surface area contributed by atoms with Crippen LogP contribution in [-0.4, -0.2) is 29.8 Å². The van der Waals surface area contributed by atoms with E-state index >= 15 is 0 Å². The number of benzene rings is 1. The van der Waals surface area contributed by atoms with E-state index in [-0.39, 0.29) is 11.6 Å². The molecule has 2 atom stereocenters. The molecule has 1 heterocycles. The summed E-state index contributed by atoms with van der Waals surface area (Å²) in [6.07, 6.45) is 0.811. The Morgan fingerprint density at radius 2 is 2.14 bits per heavy atom. The van der Waals surface area contributed by atoms with Gasteiger partial charge in [0.15, 0.2) is 0 Å². The summed E-state index contributed by atoms with van der Waals surface area (Å²) in [5.41, 5.74) is 2.54. The zero-order chi connectivity index (χ0) is 15.6. The number of anilines is 1. The Kier molecular flexibility index (Phi) is 5.18. The van der Waals surface area contributed by atoms with Gasteiger partial charge in [0.05, 0.1) is 6.10 Å². The van der Waals surface area contributed by atoms with Crippen LogP contribution in [0.3, 0.4) is 0 Å². The van der Waals surface area contributed by atoms with Gasteiger partial charge < -0.3 is 15.3 Å². The van der Waals surface area contributed by atoms with Gasteiger partial charge in [-0.25, -0.2) is 0 Å². The third-order valence-electron chi connectivity index (χ3n) is 4.10. The lowest BCUT2D eigenvalue weighted by molar-refractivity contribution is 0.136. The Morgan fingerprint density at radius 3 is 2.71 bits per heavy atom. The standard InChI is InChI=1S/C17H27ClN2O/c1-12(21)13-7-8-20(11-13)16-6-5-15(18)9-14(16)10-19-17(2,3)4/h5-6,9,12-13,19,21H,7-8,10-11H2,1-4H3. The Bertz CT molecular complexity index is 482. The Balaban J connectivity index is 2.15. The number of rotatable bonds is 4. The van der Waals surface area contributed by atoms with E-state index in [1.165, 1.54) is 11.3 Å². The number of nitrogens with zero attached hydrogens (tertiary/aromatic N) is 1. The minimum atomic E-state index is -0.238.